The molecule has 16 heavy (non-hydrogen) atoms. The summed E-state index contributed by atoms with van der Waals surface area (Å²) in [6.07, 6.45) is 2.91. The lowest BCUT2D eigenvalue weighted by atomic mass is 10.3. The van der Waals surface area contributed by atoms with Gasteiger partial charge in [-0.2, -0.15) is 0 Å². The van der Waals surface area contributed by atoms with E-state index in [0.29, 0.717) is 10.3 Å². The molecule has 0 unspecified atom stereocenters. The van der Waals surface area contributed by atoms with E-state index in [1.54, 1.807) is 0 Å². The van der Waals surface area contributed by atoms with Gasteiger partial charge in [0.05, 0.1) is 0 Å². The summed E-state index contributed by atoms with van der Waals surface area (Å²) in [5, 5.41) is 1.09. The molecule has 0 N–H and O–H groups in total. The zero-order chi connectivity index (χ0) is 11.6. The molecule has 0 spiro atoms. The molecule has 0 aliphatic rings. The summed E-state index contributed by atoms with van der Waals surface area (Å²) in [5.41, 5.74) is 0. The third-order valence-corrected chi connectivity index (χ3v) is 9.78. The summed E-state index contributed by atoms with van der Waals surface area (Å²) in [7, 11) is 0.430. The van der Waals surface area contributed by atoms with Crippen LogP contribution >= 0.6 is 15.8 Å². The first kappa shape index (κ1) is 22.2. The summed E-state index contributed by atoms with van der Waals surface area (Å²) in [4.78, 5) is 0. The van der Waals surface area contributed by atoms with Crippen molar-refractivity contribution in [1.29, 1.82) is 0 Å². The Morgan fingerprint density at radius 2 is 0.812 bits per heavy atom. The molecule has 0 saturated carbocycles. The van der Waals surface area contributed by atoms with Crippen LogP contribution in [0.3, 0.4) is 0 Å². The van der Waals surface area contributed by atoms with Gasteiger partial charge < -0.3 is 0 Å². The minimum atomic E-state index is 0. The molecule has 0 aliphatic heterocycles. The van der Waals surface area contributed by atoms with Crippen LogP contribution in [0.25, 0.3) is 0 Å². The van der Waals surface area contributed by atoms with Gasteiger partial charge in [-0.1, -0.05) is 41.5 Å². The van der Waals surface area contributed by atoms with Gasteiger partial charge in [0, 0.05) is 16.8 Å². The molecular weight excluding hydrogens is 228 g/mol. The van der Waals surface area contributed by atoms with Crippen LogP contribution in [0, 0.1) is 0 Å². The van der Waals surface area contributed by atoms with E-state index in [1.165, 1.54) is 12.3 Å². The maximum absolute atomic E-state index is 2.46. The lowest BCUT2D eigenvalue weighted by molar-refractivity contribution is 0.777. The highest BCUT2D eigenvalue weighted by Crippen LogP contribution is 2.52. The van der Waals surface area contributed by atoms with Gasteiger partial charge in [-0.25, -0.2) is 0 Å². The highest BCUT2D eigenvalue weighted by molar-refractivity contribution is 7.62. The van der Waals surface area contributed by atoms with Crippen LogP contribution in [0.15, 0.2) is 0 Å². The van der Waals surface area contributed by atoms with Crippen molar-refractivity contribution in [2.45, 2.75) is 51.9 Å². The van der Waals surface area contributed by atoms with E-state index in [1.807, 2.05) is 0 Å². The van der Waals surface area contributed by atoms with E-state index in [-0.39, 0.29) is 32.7 Å². The standard InChI is InChI=1S/C12H28P2.2B/c1-11(2,3)13(7)9-10-14(8)12(4,5)6;;/h9-10H2,1-8H3;;/t13-,14-;;/m0../s1. The van der Waals surface area contributed by atoms with Crippen molar-refractivity contribution in [1.82, 2.24) is 0 Å². The second-order valence-electron chi connectivity index (χ2n) is 6.18. The van der Waals surface area contributed by atoms with E-state index in [9.17, 15) is 0 Å². The predicted octanol–water partition coefficient (Wildman–Crippen LogP) is 4.05. The Morgan fingerprint density at radius 3 is 0.938 bits per heavy atom. The van der Waals surface area contributed by atoms with Crippen molar-refractivity contribution in [3.8, 4) is 0 Å². The van der Waals surface area contributed by atoms with Gasteiger partial charge in [-0.05, 0) is 36.0 Å². The number of hydrogen-bond donors (Lipinski definition) is 0. The van der Waals surface area contributed by atoms with E-state index in [4.69, 9.17) is 0 Å². The van der Waals surface area contributed by atoms with Crippen molar-refractivity contribution in [3.63, 3.8) is 0 Å². The average molecular weight is 256 g/mol. The quantitative estimate of drug-likeness (QED) is 0.527. The molecule has 0 aromatic carbocycles. The maximum Gasteiger partial charge on any atom is 0 e. The van der Waals surface area contributed by atoms with Crippen LogP contribution in [-0.2, 0) is 0 Å². The van der Waals surface area contributed by atoms with Gasteiger partial charge in [0.2, 0.25) is 0 Å². The third-order valence-electron chi connectivity index (χ3n) is 3.06. The molecule has 0 aliphatic carbocycles. The van der Waals surface area contributed by atoms with Crippen LogP contribution in [0.1, 0.15) is 41.5 Å². The van der Waals surface area contributed by atoms with Gasteiger partial charge in [0.15, 0.2) is 0 Å². The second kappa shape index (κ2) is 8.15. The molecular formula is C12H28B2P2. The SMILES string of the molecule is C[P@@](CC[P@](C)C(C)(C)C)C(C)(C)C.[B].[B]. The maximum atomic E-state index is 2.46. The Hall–Kier alpha value is 0.990. The molecule has 0 nitrogen and oxygen atoms in total. The van der Waals surface area contributed by atoms with E-state index >= 15 is 0 Å². The van der Waals surface area contributed by atoms with Crippen molar-refractivity contribution in [2.75, 3.05) is 25.7 Å². The summed E-state index contributed by atoms with van der Waals surface area (Å²) in [5.74, 6) is 0. The highest BCUT2D eigenvalue weighted by atomic mass is 31.1. The minimum Gasteiger partial charge on any atom is -0.104 e. The zero-order valence-electron chi connectivity index (χ0n) is 12.5. The first-order valence-corrected chi connectivity index (χ1v) is 9.42. The lowest BCUT2D eigenvalue weighted by Crippen LogP contribution is -2.17. The van der Waals surface area contributed by atoms with E-state index in [0.717, 1.165) is 0 Å². The summed E-state index contributed by atoms with van der Waals surface area (Å²) in [6, 6.07) is 0. The fraction of sp³-hybridized carbons (Fsp3) is 1.00. The monoisotopic (exact) mass is 256 g/mol. The zero-order valence-corrected chi connectivity index (χ0v) is 14.3. The van der Waals surface area contributed by atoms with Crippen LogP contribution in [-0.4, -0.2) is 52.8 Å². The van der Waals surface area contributed by atoms with Crippen molar-refractivity contribution >= 4 is 32.7 Å². The fourth-order valence-electron chi connectivity index (χ4n) is 0.971. The van der Waals surface area contributed by atoms with E-state index in [2.05, 4.69) is 54.9 Å². The van der Waals surface area contributed by atoms with Crippen LogP contribution in [0.5, 0.6) is 0 Å². The van der Waals surface area contributed by atoms with Crippen LogP contribution in [0.2, 0.25) is 0 Å². The van der Waals surface area contributed by atoms with Gasteiger partial charge in [0.1, 0.15) is 0 Å². The molecule has 6 radical (unpaired) electrons. The average Bonchev–Trinajstić information content (AvgIpc) is 1.95. The number of hydrogen-bond acceptors (Lipinski definition) is 0. The molecule has 0 heterocycles. The molecule has 0 rings (SSSR count). The minimum absolute atomic E-state index is 0. The molecule has 0 bridgehead atoms. The first-order chi connectivity index (χ1) is 6.05. The van der Waals surface area contributed by atoms with Crippen LogP contribution < -0.4 is 0 Å². The summed E-state index contributed by atoms with van der Waals surface area (Å²) < 4.78 is 0. The van der Waals surface area contributed by atoms with Gasteiger partial charge >= 0.3 is 0 Å². The Bertz CT molecular complexity index is 151. The van der Waals surface area contributed by atoms with Crippen molar-refractivity contribution in [2.24, 2.45) is 0 Å². The molecule has 2 atom stereocenters. The van der Waals surface area contributed by atoms with Crippen molar-refractivity contribution < 1.29 is 0 Å². The Morgan fingerprint density at radius 1 is 0.625 bits per heavy atom. The number of rotatable bonds is 3. The molecule has 0 amide bonds. The molecule has 0 saturated heterocycles. The topological polar surface area (TPSA) is 0 Å². The Kier molecular flexibility index (Phi) is 11.3. The molecule has 4 heteroatoms. The third kappa shape index (κ3) is 9.07. The van der Waals surface area contributed by atoms with Crippen molar-refractivity contribution in [3.05, 3.63) is 0 Å². The molecule has 0 fully saturated rings. The normalized spacial score (nSPS) is 15.8. The second-order valence-corrected chi connectivity index (χ2v) is 12.6. The smallest absolute Gasteiger partial charge is 0 e. The molecule has 0 aromatic heterocycles. The predicted molar refractivity (Wildman–Crippen MR) is 86.4 cm³/mol. The van der Waals surface area contributed by atoms with Gasteiger partial charge in [0.25, 0.3) is 0 Å². The van der Waals surface area contributed by atoms with Crippen LogP contribution in [0.4, 0.5) is 0 Å². The molecule has 92 valence electrons. The Balaban J connectivity index is -0.000000845. The highest BCUT2D eigenvalue weighted by Gasteiger charge is 2.23. The van der Waals surface area contributed by atoms with Gasteiger partial charge in [-0.3, -0.25) is 0 Å². The first-order valence-electron chi connectivity index (χ1n) is 5.47. The van der Waals surface area contributed by atoms with Gasteiger partial charge in [-0.15, -0.1) is 15.8 Å². The molecule has 0 aromatic rings. The lowest BCUT2D eigenvalue weighted by Gasteiger charge is -2.33. The Labute approximate surface area is 110 Å². The summed E-state index contributed by atoms with van der Waals surface area (Å²) >= 11 is 0. The largest absolute Gasteiger partial charge is 0.104 e. The fourth-order valence-corrected chi connectivity index (χ4v) is 4.71. The summed E-state index contributed by atoms with van der Waals surface area (Å²) in [6.45, 7) is 19.2. The van der Waals surface area contributed by atoms with E-state index < -0.39 is 0 Å².